The topological polar surface area (TPSA) is 104 Å². The predicted octanol–water partition coefficient (Wildman–Crippen LogP) is 5.29. The molecule has 0 N–H and O–H groups in total. The Bertz CT molecular complexity index is 1550. The molecule has 196 valence electrons. The first-order chi connectivity index (χ1) is 18.3. The Balaban J connectivity index is 1.65. The van der Waals surface area contributed by atoms with Crippen molar-refractivity contribution in [3.8, 4) is 45.7 Å². The number of methoxy groups -OCH3 is 1. The number of carbonyl (C=O) groups is 1. The van der Waals surface area contributed by atoms with Gasteiger partial charge in [-0.2, -0.15) is 19.1 Å². The second-order valence-electron chi connectivity index (χ2n) is 9.22. The number of carbonyl (C=O) groups excluding carboxylic acids is 1. The fourth-order valence-corrected chi connectivity index (χ4v) is 4.36. The highest BCUT2D eigenvalue weighted by molar-refractivity contribution is 6.02. The van der Waals surface area contributed by atoms with Gasteiger partial charge in [0.05, 0.1) is 31.4 Å². The summed E-state index contributed by atoms with van der Waals surface area (Å²) in [5.41, 5.74) is 2.97. The van der Waals surface area contributed by atoms with Gasteiger partial charge in [-0.1, -0.05) is 0 Å². The molecule has 4 aromatic rings. The predicted molar refractivity (Wildman–Crippen MR) is 133 cm³/mol. The number of imidazole rings is 1. The molecule has 11 heteroatoms. The van der Waals surface area contributed by atoms with Crippen molar-refractivity contribution >= 4 is 11.4 Å². The molecule has 0 saturated heterocycles. The summed E-state index contributed by atoms with van der Waals surface area (Å²) in [6.07, 6.45) is 8.14. The zero-order valence-corrected chi connectivity index (χ0v) is 21.0. The van der Waals surface area contributed by atoms with Gasteiger partial charge in [-0.3, -0.25) is 13.9 Å². The number of benzene rings is 1. The number of alkyl halides is 2. The van der Waals surface area contributed by atoms with Gasteiger partial charge in [-0.15, -0.1) is 0 Å². The van der Waals surface area contributed by atoms with Gasteiger partial charge in [0.15, 0.2) is 11.9 Å². The van der Waals surface area contributed by atoms with Crippen LogP contribution in [-0.2, 0) is 7.05 Å². The number of halogens is 2. The second kappa shape index (κ2) is 10.1. The van der Waals surface area contributed by atoms with E-state index in [1.165, 1.54) is 13.2 Å². The average molecular weight is 522 g/mol. The zero-order chi connectivity index (χ0) is 27.0. The van der Waals surface area contributed by atoms with E-state index in [0.717, 1.165) is 18.4 Å². The van der Waals surface area contributed by atoms with E-state index in [1.807, 2.05) is 6.20 Å². The maximum absolute atomic E-state index is 13.4. The third-order valence-electron chi connectivity index (χ3n) is 6.36. The molecular weight excluding hydrogens is 496 g/mol. The maximum Gasteiger partial charge on any atom is 0.387 e. The second-order valence-corrected chi connectivity index (χ2v) is 9.22. The highest BCUT2D eigenvalue weighted by Crippen LogP contribution is 2.41. The van der Waals surface area contributed by atoms with Gasteiger partial charge in [0.2, 0.25) is 0 Å². The van der Waals surface area contributed by atoms with Crippen LogP contribution in [0.25, 0.3) is 28.0 Å². The number of aromatic nitrogens is 4. The Morgan fingerprint density at radius 2 is 1.89 bits per heavy atom. The molecule has 1 fully saturated rings. The monoisotopic (exact) mass is 521 g/mol. The van der Waals surface area contributed by atoms with Crippen LogP contribution in [0, 0.1) is 17.2 Å². The van der Waals surface area contributed by atoms with Gasteiger partial charge in [-0.25, -0.2) is 4.98 Å². The molecular formula is C27H25F2N5O4. The van der Waals surface area contributed by atoms with E-state index in [0.29, 0.717) is 28.2 Å². The van der Waals surface area contributed by atoms with Gasteiger partial charge in [0.25, 0.3) is 0 Å². The standard InChI is InChI=1S/C27H25F2N5O4/c1-15(10-30)37-24-14-34-20(12-31-25(34)9-19(24)18-11-32-33(2)13-18)17-7-22(36-3)26(21(35)6-16-4-5-16)23(8-17)38-27(28)29/h7-9,11-16,27H,4-6H2,1-3H3. The number of aryl methyl sites for hydroxylation is 1. The lowest BCUT2D eigenvalue weighted by Gasteiger charge is -2.17. The van der Waals surface area contributed by atoms with E-state index in [4.69, 9.17) is 14.2 Å². The molecule has 0 bridgehead atoms. The van der Waals surface area contributed by atoms with Crippen LogP contribution < -0.4 is 14.2 Å². The van der Waals surface area contributed by atoms with E-state index < -0.39 is 12.7 Å². The summed E-state index contributed by atoms with van der Waals surface area (Å²) in [6, 6.07) is 6.85. The van der Waals surface area contributed by atoms with Gasteiger partial charge in [0, 0.05) is 36.4 Å². The number of Topliss-reactive ketones (excluding diaryl/α,β-unsaturated/α-hetero) is 1. The smallest absolute Gasteiger partial charge is 0.387 e. The highest BCUT2D eigenvalue weighted by atomic mass is 19.3. The summed E-state index contributed by atoms with van der Waals surface area (Å²) in [5.74, 6) is 0.253. The molecule has 1 saturated carbocycles. The number of hydrogen-bond acceptors (Lipinski definition) is 7. The van der Waals surface area contributed by atoms with Crippen molar-refractivity contribution in [2.75, 3.05) is 7.11 Å². The number of fused-ring (bicyclic) bond motifs is 1. The van der Waals surface area contributed by atoms with Crippen LogP contribution in [0.15, 0.2) is 43.0 Å². The molecule has 1 unspecified atom stereocenters. The molecule has 3 aromatic heterocycles. The number of rotatable bonds is 10. The van der Waals surface area contributed by atoms with Gasteiger partial charge >= 0.3 is 6.61 Å². The van der Waals surface area contributed by atoms with Crippen molar-refractivity contribution in [2.24, 2.45) is 13.0 Å². The van der Waals surface area contributed by atoms with Crippen molar-refractivity contribution in [2.45, 2.75) is 38.9 Å². The van der Waals surface area contributed by atoms with Crippen LogP contribution in [0.3, 0.4) is 0 Å². The molecule has 9 nitrogen and oxygen atoms in total. The number of ketones is 1. The van der Waals surface area contributed by atoms with Crippen LogP contribution >= 0.6 is 0 Å². The van der Waals surface area contributed by atoms with Gasteiger partial charge in [-0.05, 0) is 43.9 Å². The lowest BCUT2D eigenvalue weighted by atomic mass is 10.00. The molecule has 0 spiro atoms. The molecule has 1 aliphatic carbocycles. The highest BCUT2D eigenvalue weighted by Gasteiger charge is 2.30. The number of nitrogens with zero attached hydrogens (tertiary/aromatic N) is 5. The molecule has 38 heavy (non-hydrogen) atoms. The Labute approximate surface area is 217 Å². The molecule has 1 aliphatic rings. The molecule has 1 atom stereocenters. The lowest BCUT2D eigenvalue weighted by Crippen LogP contribution is -2.11. The molecule has 1 aromatic carbocycles. The van der Waals surface area contributed by atoms with Crippen molar-refractivity contribution < 1.29 is 27.8 Å². The Morgan fingerprint density at radius 3 is 2.53 bits per heavy atom. The molecule has 0 amide bonds. The normalized spacial score (nSPS) is 13.9. The lowest BCUT2D eigenvalue weighted by molar-refractivity contribution is -0.0502. The fourth-order valence-electron chi connectivity index (χ4n) is 4.36. The van der Waals surface area contributed by atoms with Crippen molar-refractivity contribution in [1.82, 2.24) is 19.2 Å². The minimum Gasteiger partial charge on any atom is -0.496 e. The SMILES string of the molecule is COc1cc(-c2cnc3cc(-c4cnn(C)c4)c(OC(C)C#N)cn23)cc(OC(F)F)c1C(=O)CC1CC1. The minimum absolute atomic E-state index is 0.00278. The van der Waals surface area contributed by atoms with E-state index in [2.05, 4.69) is 16.2 Å². The number of hydrogen-bond donors (Lipinski definition) is 0. The number of ether oxygens (including phenoxy) is 3. The van der Waals surface area contributed by atoms with Crippen molar-refractivity contribution in [3.63, 3.8) is 0 Å². The summed E-state index contributed by atoms with van der Waals surface area (Å²) < 4.78 is 46.3. The van der Waals surface area contributed by atoms with Gasteiger partial charge < -0.3 is 14.2 Å². The summed E-state index contributed by atoms with van der Waals surface area (Å²) in [7, 11) is 3.17. The van der Waals surface area contributed by atoms with Crippen LogP contribution in [-0.4, -0.2) is 44.8 Å². The fraction of sp³-hybridized carbons (Fsp3) is 0.333. The van der Waals surface area contributed by atoms with E-state index >= 15 is 0 Å². The van der Waals surface area contributed by atoms with Crippen LogP contribution in [0.1, 0.15) is 36.5 Å². The molecule has 3 heterocycles. The Kier molecular flexibility index (Phi) is 6.72. The number of pyridine rings is 1. The first-order valence-electron chi connectivity index (χ1n) is 12.0. The van der Waals surface area contributed by atoms with Crippen molar-refractivity contribution in [3.05, 3.63) is 48.5 Å². The summed E-state index contributed by atoms with van der Waals surface area (Å²) in [4.78, 5) is 17.5. The van der Waals surface area contributed by atoms with E-state index in [1.54, 1.807) is 53.8 Å². The van der Waals surface area contributed by atoms with Gasteiger partial charge in [0.1, 0.15) is 34.5 Å². The molecule has 5 rings (SSSR count). The Hall–Kier alpha value is -4.46. The van der Waals surface area contributed by atoms with E-state index in [9.17, 15) is 18.8 Å². The zero-order valence-electron chi connectivity index (χ0n) is 21.0. The van der Waals surface area contributed by atoms with Crippen LogP contribution in [0.4, 0.5) is 8.78 Å². The Morgan fingerprint density at radius 1 is 1.13 bits per heavy atom. The quantitative estimate of drug-likeness (QED) is 0.261. The summed E-state index contributed by atoms with van der Waals surface area (Å²) in [6.45, 7) is -1.50. The average Bonchev–Trinajstić information content (AvgIpc) is 3.43. The first kappa shape index (κ1) is 25.2. The third kappa shape index (κ3) is 5.02. The molecule has 0 radical (unpaired) electrons. The summed E-state index contributed by atoms with van der Waals surface area (Å²) >= 11 is 0. The van der Waals surface area contributed by atoms with Crippen LogP contribution in [0.5, 0.6) is 17.2 Å². The van der Waals surface area contributed by atoms with E-state index in [-0.39, 0.29) is 35.2 Å². The number of nitriles is 1. The largest absolute Gasteiger partial charge is 0.496 e. The van der Waals surface area contributed by atoms with Crippen molar-refractivity contribution in [1.29, 1.82) is 5.26 Å². The molecule has 0 aliphatic heterocycles. The van der Waals surface area contributed by atoms with Crippen LogP contribution in [0.2, 0.25) is 0 Å². The minimum atomic E-state index is -3.13. The first-order valence-corrected chi connectivity index (χ1v) is 12.0. The third-order valence-corrected chi connectivity index (χ3v) is 6.36. The summed E-state index contributed by atoms with van der Waals surface area (Å²) in [5, 5.41) is 13.5. The maximum atomic E-state index is 13.4.